The molecular formula is C24H28N2O9S. The summed E-state index contributed by atoms with van der Waals surface area (Å²) in [7, 11) is -1.82. The number of nitrogens with zero attached hydrogens (tertiary/aromatic N) is 1. The normalized spacial score (nSPS) is 24.6. The number of aliphatic hydroxyl groups excluding tert-OH is 4. The number of sulfone groups is 1. The summed E-state index contributed by atoms with van der Waals surface area (Å²) in [4.78, 5) is 13.4. The van der Waals surface area contributed by atoms with Gasteiger partial charge in [-0.1, -0.05) is 12.1 Å². The van der Waals surface area contributed by atoms with E-state index in [1.54, 1.807) is 41.1 Å². The van der Waals surface area contributed by atoms with Crippen molar-refractivity contribution in [2.45, 2.75) is 42.1 Å². The molecule has 1 aliphatic rings. The van der Waals surface area contributed by atoms with Crippen LogP contribution < -0.4 is 10.1 Å². The number of hydrogen-bond donors (Lipinski definition) is 5. The van der Waals surface area contributed by atoms with Crippen LogP contribution in [0.3, 0.4) is 0 Å². The second-order valence-electron chi connectivity index (χ2n) is 8.70. The minimum absolute atomic E-state index is 0.197. The molecule has 0 saturated carbocycles. The van der Waals surface area contributed by atoms with Gasteiger partial charge in [0.15, 0.2) is 16.1 Å². The molecule has 5 N–H and O–H groups in total. The molecule has 11 nitrogen and oxygen atoms in total. The Bertz CT molecular complexity index is 1350. The number of rotatable bonds is 7. The van der Waals surface area contributed by atoms with Crippen LogP contribution in [0.1, 0.15) is 15.9 Å². The number of fused-ring (bicyclic) bond motifs is 1. The summed E-state index contributed by atoms with van der Waals surface area (Å²) < 4.78 is 35.7. The Morgan fingerprint density at radius 1 is 1.11 bits per heavy atom. The van der Waals surface area contributed by atoms with E-state index in [9.17, 15) is 33.6 Å². The molecule has 1 fully saturated rings. The highest BCUT2D eigenvalue weighted by atomic mass is 32.2. The lowest BCUT2D eigenvalue weighted by Gasteiger charge is -2.40. The van der Waals surface area contributed by atoms with Gasteiger partial charge < -0.3 is 39.8 Å². The van der Waals surface area contributed by atoms with Crippen molar-refractivity contribution in [3.8, 4) is 5.75 Å². The number of aliphatic hydroxyl groups is 4. The lowest BCUT2D eigenvalue weighted by atomic mass is 9.96. The number of carbonyl (C=O) groups excluding carboxylic acids is 1. The Morgan fingerprint density at radius 2 is 1.81 bits per heavy atom. The maximum Gasteiger partial charge on any atom is 0.253 e. The van der Waals surface area contributed by atoms with E-state index >= 15 is 0 Å². The quantitative estimate of drug-likeness (QED) is 0.279. The molecule has 194 valence electrons. The average molecular weight is 521 g/mol. The molecule has 3 aromatic rings. The Kier molecular flexibility index (Phi) is 7.36. The summed E-state index contributed by atoms with van der Waals surface area (Å²) >= 11 is 0. The number of carbonyl (C=O) groups is 1. The van der Waals surface area contributed by atoms with Gasteiger partial charge in [0.2, 0.25) is 0 Å². The van der Waals surface area contributed by atoms with Gasteiger partial charge in [0.25, 0.3) is 5.91 Å². The van der Waals surface area contributed by atoms with Crippen LogP contribution in [0.4, 0.5) is 0 Å². The first-order valence-corrected chi connectivity index (χ1v) is 13.0. The van der Waals surface area contributed by atoms with Crippen molar-refractivity contribution >= 4 is 26.6 Å². The van der Waals surface area contributed by atoms with E-state index in [0.29, 0.717) is 23.2 Å². The Labute approximate surface area is 207 Å². The van der Waals surface area contributed by atoms with Gasteiger partial charge in [-0.15, -0.1) is 0 Å². The molecule has 1 saturated heterocycles. The molecule has 0 radical (unpaired) electrons. The molecule has 36 heavy (non-hydrogen) atoms. The van der Waals surface area contributed by atoms with Crippen molar-refractivity contribution in [1.82, 2.24) is 9.88 Å². The summed E-state index contributed by atoms with van der Waals surface area (Å²) in [5.74, 6) is -0.0661. The molecule has 3 unspecified atom stereocenters. The van der Waals surface area contributed by atoms with Gasteiger partial charge in [-0.2, -0.15) is 0 Å². The van der Waals surface area contributed by atoms with Crippen LogP contribution >= 0.6 is 0 Å². The number of methoxy groups -OCH3 is 1. The number of ether oxygens (including phenoxy) is 2. The maximum atomic E-state index is 13.2. The zero-order valence-electron chi connectivity index (χ0n) is 19.6. The SMILES string of the molecule is COc1ccc2c(C(=O)N[C@H]3C(O)OC(CO)[C@@H](O)C3O)cn(Cc3ccc(S(C)(=O)=O)cc3)c2c1. The molecule has 4 rings (SSSR count). The van der Waals surface area contributed by atoms with E-state index in [1.165, 1.54) is 19.2 Å². The van der Waals surface area contributed by atoms with Crippen LogP contribution in [-0.4, -0.2) is 89.9 Å². The van der Waals surface area contributed by atoms with Crippen LogP contribution in [-0.2, 0) is 21.1 Å². The number of amides is 1. The third-order valence-electron chi connectivity index (χ3n) is 6.24. The molecule has 2 aromatic carbocycles. The van der Waals surface area contributed by atoms with Crippen LogP contribution in [0.15, 0.2) is 53.6 Å². The topological polar surface area (TPSA) is 168 Å². The highest BCUT2D eigenvalue weighted by Gasteiger charge is 2.44. The maximum absolute atomic E-state index is 13.2. The van der Waals surface area contributed by atoms with Crippen LogP contribution in [0.25, 0.3) is 10.9 Å². The average Bonchev–Trinajstić information content (AvgIpc) is 3.21. The van der Waals surface area contributed by atoms with Crippen molar-refractivity contribution in [3.05, 3.63) is 59.8 Å². The Morgan fingerprint density at radius 3 is 2.42 bits per heavy atom. The molecular weight excluding hydrogens is 492 g/mol. The predicted octanol–water partition coefficient (Wildman–Crippen LogP) is -0.369. The fraction of sp³-hybridized carbons (Fsp3) is 0.375. The van der Waals surface area contributed by atoms with Crippen molar-refractivity contribution in [3.63, 3.8) is 0 Å². The molecule has 2 heterocycles. The van der Waals surface area contributed by atoms with E-state index in [-0.39, 0.29) is 10.5 Å². The molecule has 0 aliphatic carbocycles. The number of hydrogen-bond acceptors (Lipinski definition) is 9. The van der Waals surface area contributed by atoms with Gasteiger partial charge in [-0.25, -0.2) is 8.42 Å². The third-order valence-corrected chi connectivity index (χ3v) is 7.36. The molecule has 0 bridgehead atoms. The van der Waals surface area contributed by atoms with Gasteiger partial charge >= 0.3 is 0 Å². The second-order valence-corrected chi connectivity index (χ2v) is 10.7. The number of aromatic nitrogens is 1. The van der Waals surface area contributed by atoms with Crippen LogP contribution in [0.2, 0.25) is 0 Å². The largest absolute Gasteiger partial charge is 0.497 e. The fourth-order valence-corrected chi connectivity index (χ4v) is 4.86. The first-order chi connectivity index (χ1) is 17.0. The zero-order chi connectivity index (χ0) is 26.2. The summed E-state index contributed by atoms with van der Waals surface area (Å²) in [6.07, 6.45) is -3.19. The molecule has 12 heteroatoms. The Hall–Kier alpha value is -3.00. The molecule has 1 aliphatic heterocycles. The summed E-state index contributed by atoms with van der Waals surface area (Å²) in [6.45, 7) is -0.299. The monoisotopic (exact) mass is 520 g/mol. The van der Waals surface area contributed by atoms with Gasteiger partial charge in [-0.3, -0.25) is 4.79 Å². The van der Waals surface area contributed by atoms with Crippen molar-refractivity contribution in [2.24, 2.45) is 0 Å². The second kappa shape index (κ2) is 10.2. The lowest BCUT2D eigenvalue weighted by Crippen LogP contribution is -2.64. The fourth-order valence-electron chi connectivity index (χ4n) is 4.23. The molecule has 5 atom stereocenters. The first kappa shape index (κ1) is 26.1. The van der Waals surface area contributed by atoms with E-state index in [1.807, 2.05) is 0 Å². The van der Waals surface area contributed by atoms with Gasteiger partial charge in [0.1, 0.15) is 30.1 Å². The van der Waals surface area contributed by atoms with E-state index < -0.39 is 53.0 Å². The van der Waals surface area contributed by atoms with Crippen molar-refractivity contribution in [2.75, 3.05) is 20.0 Å². The van der Waals surface area contributed by atoms with Gasteiger partial charge in [-0.05, 0) is 29.8 Å². The van der Waals surface area contributed by atoms with Crippen LogP contribution in [0, 0.1) is 0 Å². The predicted molar refractivity (Wildman–Crippen MR) is 128 cm³/mol. The first-order valence-electron chi connectivity index (χ1n) is 11.1. The Balaban J connectivity index is 1.65. The number of benzene rings is 2. The third kappa shape index (κ3) is 5.09. The highest BCUT2D eigenvalue weighted by molar-refractivity contribution is 7.90. The summed E-state index contributed by atoms with van der Waals surface area (Å²) in [6, 6.07) is 10.2. The minimum Gasteiger partial charge on any atom is -0.497 e. The van der Waals surface area contributed by atoms with E-state index in [4.69, 9.17) is 9.47 Å². The number of nitrogens with one attached hydrogen (secondary N) is 1. The van der Waals surface area contributed by atoms with Crippen LogP contribution in [0.5, 0.6) is 5.75 Å². The molecule has 0 spiro atoms. The summed E-state index contributed by atoms with van der Waals surface area (Å²) in [5.41, 5.74) is 1.69. The standard InChI is InChI=1S/C24H28N2O9S/c1-34-14-5-8-16-17(23(30)25-20-22(29)21(28)19(12-27)35-24(20)31)11-26(18(16)9-14)10-13-3-6-15(7-4-13)36(2,32)33/h3-9,11,19-22,24,27-29,31H,10,12H2,1-2H3,(H,25,30)/t19?,20-,21-,22?,24?/m1/s1. The minimum atomic E-state index is -3.33. The van der Waals surface area contributed by atoms with E-state index in [0.717, 1.165) is 11.8 Å². The highest BCUT2D eigenvalue weighted by Crippen LogP contribution is 2.28. The lowest BCUT2D eigenvalue weighted by molar-refractivity contribution is -0.252. The molecule has 1 aromatic heterocycles. The van der Waals surface area contributed by atoms with Gasteiger partial charge in [0, 0.05) is 30.4 Å². The summed E-state index contributed by atoms with van der Waals surface area (Å²) in [5, 5.41) is 43.1. The smallest absolute Gasteiger partial charge is 0.253 e. The zero-order valence-corrected chi connectivity index (χ0v) is 20.4. The van der Waals surface area contributed by atoms with E-state index in [2.05, 4.69) is 5.32 Å². The van der Waals surface area contributed by atoms with Gasteiger partial charge in [0.05, 0.1) is 29.7 Å². The van der Waals surface area contributed by atoms with Crippen molar-refractivity contribution < 1.29 is 43.1 Å². The molecule has 1 amide bonds. The van der Waals surface area contributed by atoms with Crippen molar-refractivity contribution in [1.29, 1.82) is 0 Å².